The number of piperidine rings is 1. The van der Waals surface area contributed by atoms with E-state index in [0.29, 0.717) is 5.92 Å². The molecule has 4 heteroatoms. The van der Waals surface area contributed by atoms with Gasteiger partial charge in [-0.1, -0.05) is 0 Å². The van der Waals surface area contributed by atoms with E-state index in [1.165, 1.54) is 25.1 Å². The Bertz CT molecular complexity index is 257. The molecule has 78 valence electrons. The van der Waals surface area contributed by atoms with E-state index < -0.39 is 0 Å². The number of likely N-dealkylation sites (tertiary alicyclic amines) is 1. The molecule has 3 N–H and O–H groups in total. The lowest BCUT2D eigenvalue weighted by Crippen LogP contribution is -2.37. The zero-order valence-corrected chi connectivity index (χ0v) is 8.45. The van der Waals surface area contributed by atoms with Gasteiger partial charge in [-0.3, -0.25) is 4.90 Å². The highest BCUT2D eigenvalue weighted by atomic mass is 15.1. The molecule has 1 aliphatic heterocycles. The molecule has 0 aromatic carbocycles. The molecule has 14 heavy (non-hydrogen) atoms. The molecule has 1 atom stereocenters. The van der Waals surface area contributed by atoms with E-state index in [1.54, 1.807) is 6.33 Å². The normalized spacial score (nSPS) is 23.9. The van der Waals surface area contributed by atoms with E-state index in [4.69, 9.17) is 5.73 Å². The van der Waals surface area contributed by atoms with Gasteiger partial charge in [0.05, 0.1) is 6.33 Å². The van der Waals surface area contributed by atoms with E-state index in [9.17, 15) is 0 Å². The summed E-state index contributed by atoms with van der Waals surface area (Å²) in [6, 6.07) is 0. The second-order valence-electron chi connectivity index (χ2n) is 4.06. The average molecular weight is 194 g/mol. The molecule has 0 spiro atoms. The smallest absolute Gasteiger partial charge is 0.0922 e. The molecule has 2 rings (SSSR count). The number of aromatic amines is 1. The number of aromatic nitrogens is 2. The van der Waals surface area contributed by atoms with Crippen molar-refractivity contribution in [3.05, 3.63) is 18.2 Å². The van der Waals surface area contributed by atoms with Crippen molar-refractivity contribution >= 4 is 0 Å². The summed E-state index contributed by atoms with van der Waals surface area (Å²) < 4.78 is 0. The van der Waals surface area contributed by atoms with Gasteiger partial charge in [-0.15, -0.1) is 0 Å². The summed E-state index contributed by atoms with van der Waals surface area (Å²) in [4.78, 5) is 9.61. The van der Waals surface area contributed by atoms with Crippen LogP contribution in [0.2, 0.25) is 0 Å². The summed E-state index contributed by atoms with van der Waals surface area (Å²) in [5.74, 6) is 0.687. The second-order valence-corrected chi connectivity index (χ2v) is 4.06. The maximum Gasteiger partial charge on any atom is 0.0922 e. The zero-order chi connectivity index (χ0) is 9.80. The highest BCUT2D eigenvalue weighted by Crippen LogP contribution is 2.16. The first-order valence-corrected chi connectivity index (χ1v) is 5.28. The SMILES string of the molecule is NCC1CCCN(Cc2cnc[nH]2)C1. The predicted octanol–water partition coefficient (Wildman–Crippen LogP) is 0.580. The Morgan fingerprint density at radius 2 is 2.57 bits per heavy atom. The third-order valence-corrected chi connectivity index (χ3v) is 2.89. The zero-order valence-electron chi connectivity index (χ0n) is 8.45. The van der Waals surface area contributed by atoms with Gasteiger partial charge in [0.1, 0.15) is 0 Å². The van der Waals surface area contributed by atoms with Gasteiger partial charge in [-0.05, 0) is 31.8 Å². The number of rotatable bonds is 3. The quantitative estimate of drug-likeness (QED) is 0.740. The highest BCUT2D eigenvalue weighted by molar-refractivity contribution is 4.94. The minimum Gasteiger partial charge on any atom is -0.347 e. The van der Waals surface area contributed by atoms with Crippen molar-refractivity contribution in [1.29, 1.82) is 0 Å². The molecule has 0 amide bonds. The van der Waals surface area contributed by atoms with Crippen molar-refractivity contribution in [3.8, 4) is 0 Å². The van der Waals surface area contributed by atoms with E-state index in [1.807, 2.05) is 6.20 Å². The van der Waals surface area contributed by atoms with E-state index in [2.05, 4.69) is 14.9 Å². The van der Waals surface area contributed by atoms with E-state index >= 15 is 0 Å². The molecule has 0 bridgehead atoms. The van der Waals surface area contributed by atoms with Gasteiger partial charge < -0.3 is 10.7 Å². The van der Waals surface area contributed by atoms with Crippen molar-refractivity contribution in [1.82, 2.24) is 14.9 Å². The molecule has 0 saturated carbocycles. The Hall–Kier alpha value is -0.870. The summed E-state index contributed by atoms with van der Waals surface area (Å²) in [5, 5.41) is 0. The molecular weight excluding hydrogens is 176 g/mol. The largest absolute Gasteiger partial charge is 0.347 e. The van der Waals surface area contributed by atoms with Gasteiger partial charge >= 0.3 is 0 Å². The van der Waals surface area contributed by atoms with E-state index in [-0.39, 0.29) is 0 Å². The number of hydrogen-bond acceptors (Lipinski definition) is 3. The Kier molecular flexibility index (Phi) is 3.16. The van der Waals surface area contributed by atoms with Crippen LogP contribution in [0.3, 0.4) is 0 Å². The molecule has 2 heterocycles. The van der Waals surface area contributed by atoms with Crippen LogP contribution in [0.5, 0.6) is 0 Å². The van der Waals surface area contributed by atoms with Crippen LogP contribution in [-0.2, 0) is 6.54 Å². The number of nitrogens with zero attached hydrogens (tertiary/aromatic N) is 2. The molecule has 1 aromatic heterocycles. The van der Waals surface area contributed by atoms with Gasteiger partial charge in [0.25, 0.3) is 0 Å². The average Bonchev–Trinajstić information content (AvgIpc) is 2.71. The molecule has 1 aliphatic rings. The number of nitrogens with one attached hydrogen (secondary N) is 1. The summed E-state index contributed by atoms with van der Waals surface area (Å²) in [6.45, 7) is 4.13. The lowest BCUT2D eigenvalue weighted by Gasteiger charge is -2.31. The summed E-state index contributed by atoms with van der Waals surface area (Å²) in [7, 11) is 0. The number of nitrogens with two attached hydrogens (primary N) is 1. The topological polar surface area (TPSA) is 57.9 Å². The summed E-state index contributed by atoms with van der Waals surface area (Å²) in [6.07, 6.45) is 6.19. The monoisotopic (exact) mass is 194 g/mol. The maximum atomic E-state index is 5.69. The first kappa shape index (κ1) is 9.68. The summed E-state index contributed by atoms with van der Waals surface area (Å²) in [5.41, 5.74) is 6.89. The predicted molar refractivity (Wildman–Crippen MR) is 55.6 cm³/mol. The Morgan fingerprint density at radius 3 is 3.29 bits per heavy atom. The molecule has 1 saturated heterocycles. The molecule has 4 nitrogen and oxygen atoms in total. The van der Waals surface area contributed by atoms with Crippen LogP contribution >= 0.6 is 0 Å². The maximum absolute atomic E-state index is 5.69. The Morgan fingerprint density at radius 1 is 1.64 bits per heavy atom. The van der Waals surface area contributed by atoms with Crippen LogP contribution in [0, 0.1) is 5.92 Å². The minimum atomic E-state index is 0.687. The first-order chi connectivity index (χ1) is 6.88. The van der Waals surface area contributed by atoms with Crippen LogP contribution in [-0.4, -0.2) is 34.5 Å². The van der Waals surface area contributed by atoms with Crippen molar-refractivity contribution in [2.24, 2.45) is 11.7 Å². The van der Waals surface area contributed by atoms with E-state index in [0.717, 1.165) is 19.6 Å². The number of hydrogen-bond donors (Lipinski definition) is 2. The van der Waals surface area contributed by atoms with Crippen molar-refractivity contribution in [3.63, 3.8) is 0 Å². The van der Waals surface area contributed by atoms with Crippen molar-refractivity contribution < 1.29 is 0 Å². The molecular formula is C10H18N4. The molecule has 1 aromatic rings. The minimum absolute atomic E-state index is 0.687. The van der Waals surface area contributed by atoms with Crippen LogP contribution in [0.4, 0.5) is 0 Å². The Labute approximate surface area is 84.5 Å². The fraction of sp³-hybridized carbons (Fsp3) is 0.700. The van der Waals surface area contributed by atoms with Gasteiger partial charge in [-0.25, -0.2) is 4.98 Å². The third kappa shape index (κ3) is 2.33. The number of imidazole rings is 1. The Balaban J connectivity index is 1.86. The van der Waals surface area contributed by atoms with Gasteiger partial charge in [0, 0.05) is 25.0 Å². The highest BCUT2D eigenvalue weighted by Gasteiger charge is 2.18. The molecule has 0 aliphatic carbocycles. The van der Waals surface area contributed by atoms with Crippen LogP contribution in [0.25, 0.3) is 0 Å². The van der Waals surface area contributed by atoms with Crippen LogP contribution in [0.15, 0.2) is 12.5 Å². The summed E-state index contributed by atoms with van der Waals surface area (Å²) >= 11 is 0. The second kappa shape index (κ2) is 4.57. The lowest BCUT2D eigenvalue weighted by atomic mass is 9.98. The number of H-pyrrole nitrogens is 1. The van der Waals surface area contributed by atoms with Crippen LogP contribution in [0.1, 0.15) is 18.5 Å². The van der Waals surface area contributed by atoms with Gasteiger partial charge in [0.15, 0.2) is 0 Å². The van der Waals surface area contributed by atoms with Crippen LogP contribution < -0.4 is 5.73 Å². The third-order valence-electron chi connectivity index (χ3n) is 2.89. The van der Waals surface area contributed by atoms with Gasteiger partial charge in [-0.2, -0.15) is 0 Å². The fourth-order valence-corrected chi connectivity index (χ4v) is 2.10. The lowest BCUT2D eigenvalue weighted by molar-refractivity contribution is 0.169. The first-order valence-electron chi connectivity index (χ1n) is 5.28. The molecule has 0 radical (unpaired) electrons. The van der Waals surface area contributed by atoms with Gasteiger partial charge in [0.2, 0.25) is 0 Å². The van der Waals surface area contributed by atoms with Crippen molar-refractivity contribution in [2.45, 2.75) is 19.4 Å². The molecule has 1 fully saturated rings. The standard InChI is InChI=1S/C10H18N4/c11-4-9-2-1-3-14(6-9)7-10-5-12-8-13-10/h5,8-9H,1-4,6-7,11H2,(H,12,13). The van der Waals surface area contributed by atoms with Crippen molar-refractivity contribution in [2.75, 3.05) is 19.6 Å². The molecule has 1 unspecified atom stereocenters. The fourth-order valence-electron chi connectivity index (χ4n) is 2.10.